The van der Waals surface area contributed by atoms with E-state index >= 15 is 0 Å². The van der Waals surface area contributed by atoms with Crippen molar-refractivity contribution in [3.63, 3.8) is 0 Å². The molecule has 0 aliphatic carbocycles. The van der Waals surface area contributed by atoms with E-state index in [9.17, 15) is 0 Å². The summed E-state index contributed by atoms with van der Waals surface area (Å²) in [5, 5.41) is 3.55. The molecule has 0 saturated heterocycles. The van der Waals surface area contributed by atoms with Crippen LogP contribution in [0.4, 0.5) is 0 Å². The van der Waals surface area contributed by atoms with E-state index < -0.39 is 0 Å². The quantitative estimate of drug-likeness (QED) is 0.794. The van der Waals surface area contributed by atoms with Crippen molar-refractivity contribution in [3.05, 3.63) is 29.6 Å². The molecule has 2 nitrogen and oxygen atoms in total. The van der Waals surface area contributed by atoms with E-state index in [4.69, 9.17) is 0 Å². The molecule has 0 aliphatic rings. The molecule has 0 bridgehead atoms. The summed E-state index contributed by atoms with van der Waals surface area (Å²) in [5.74, 6) is 0.638. The SMILES string of the molecule is CCCC(C)C(NCC)c1cccc(C)n1. The van der Waals surface area contributed by atoms with Crippen molar-refractivity contribution >= 4 is 0 Å². The molecule has 0 fully saturated rings. The van der Waals surface area contributed by atoms with E-state index in [2.05, 4.69) is 56.2 Å². The second-order valence-electron chi connectivity index (χ2n) is 4.51. The van der Waals surface area contributed by atoms with Gasteiger partial charge in [-0.25, -0.2) is 0 Å². The van der Waals surface area contributed by atoms with Crippen molar-refractivity contribution in [1.29, 1.82) is 0 Å². The van der Waals surface area contributed by atoms with E-state index in [0.29, 0.717) is 12.0 Å². The molecule has 2 atom stereocenters. The topological polar surface area (TPSA) is 24.9 Å². The van der Waals surface area contributed by atoms with Crippen molar-refractivity contribution in [1.82, 2.24) is 10.3 Å². The van der Waals surface area contributed by atoms with Gasteiger partial charge in [-0.15, -0.1) is 0 Å². The molecule has 2 unspecified atom stereocenters. The van der Waals surface area contributed by atoms with Crippen molar-refractivity contribution < 1.29 is 0 Å². The molecule has 0 saturated carbocycles. The molecule has 1 aromatic rings. The first-order chi connectivity index (χ1) is 7.69. The minimum Gasteiger partial charge on any atom is -0.309 e. The van der Waals surface area contributed by atoms with Crippen LogP contribution in [0, 0.1) is 12.8 Å². The van der Waals surface area contributed by atoms with Crippen LogP contribution >= 0.6 is 0 Å². The van der Waals surface area contributed by atoms with Crippen molar-refractivity contribution in [3.8, 4) is 0 Å². The third-order valence-corrected chi connectivity index (χ3v) is 2.97. The maximum absolute atomic E-state index is 4.63. The third-order valence-electron chi connectivity index (χ3n) is 2.97. The van der Waals surface area contributed by atoms with Gasteiger partial charge < -0.3 is 5.32 Å². The Morgan fingerprint density at radius 1 is 1.31 bits per heavy atom. The van der Waals surface area contributed by atoms with Crippen LogP contribution in [0.25, 0.3) is 0 Å². The van der Waals surface area contributed by atoms with Crippen molar-refractivity contribution in [2.75, 3.05) is 6.54 Å². The molecule has 0 spiro atoms. The fraction of sp³-hybridized carbons (Fsp3) is 0.643. The van der Waals surface area contributed by atoms with E-state index in [0.717, 1.165) is 12.2 Å². The lowest BCUT2D eigenvalue weighted by molar-refractivity contribution is 0.362. The molecule has 16 heavy (non-hydrogen) atoms. The van der Waals surface area contributed by atoms with Crippen molar-refractivity contribution in [2.24, 2.45) is 5.92 Å². The highest BCUT2D eigenvalue weighted by atomic mass is 14.9. The lowest BCUT2D eigenvalue weighted by atomic mass is 9.94. The highest BCUT2D eigenvalue weighted by molar-refractivity contribution is 5.14. The summed E-state index contributed by atoms with van der Waals surface area (Å²) in [6.07, 6.45) is 2.47. The first-order valence-electron chi connectivity index (χ1n) is 6.36. The summed E-state index contributed by atoms with van der Waals surface area (Å²) in [5.41, 5.74) is 2.28. The molecular formula is C14H24N2. The van der Waals surface area contributed by atoms with Gasteiger partial charge in [0.2, 0.25) is 0 Å². The fourth-order valence-electron chi connectivity index (χ4n) is 2.18. The van der Waals surface area contributed by atoms with Gasteiger partial charge in [-0.3, -0.25) is 4.98 Å². The Hall–Kier alpha value is -0.890. The summed E-state index contributed by atoms with van der Waals surface area (Å²) in [4.78, 5) is 4.63. The van der Waals surface area contributed by atoms with Gasteiger partial charge in [0.1, 0.15) is 0 Å². The highest BCUT2D eigenvalue weighted by Crippen LogP contribution is 2.24. The third kappa shape index (κ3) is 3.60. The zero-order chi connectivity index (χ0) is 12.0. The van der Waals surface area contributed by atoms with E-state index in [1.165, 1.54) is 18.5 Å². The summed E-state index contributed by atoms with van der Waals surface area (Å²) >= 11 is 0. The number of hydrogen-bond acceptors (Lipinski definition) is 2. The number of rotatable bonds is 6. The van der Waals surface area contributed by atoms with Gasteiger partial charge in [0.05, 0.1) is 11.7 Å². The molecule has 2 heteroatoms. The lowest BCUT2D eigenvalue weighted by Crippen LogP contribution is -2.27. The highest BCUT2D eigenvalue weighted by Gasteiger charge is 2.18. The fourth-order valence-corrected chi connectivity index (χ4v) is 2.18. The van der Waals surface area contributed by atoms with Crippen LogP contribution in [0.2, 0.25) is 0 Å². The van der Waals surface area contributed by atoms with E-state index in [1.807, 2.05) is 0 Å². The van der Waals surface area contributed by atoms with Gasteiger partial charge in [-0.2, -0.15) is 0 Å². The zero-order valence-corrected chi connectivity index (χ0v) is 11.0. The molecule has 90 valence electrons. The smallest absolute Gasteiger partial charge is 0.0579 e. The predicted octanol–water partition coefficient (Wildman–Crippen LogP) is 3.48. The van der Waals surface area contributed by atoms with Gasteiger partial charge in [-0.05, 0) is 37.9 Å². The number of nitrogens with one attached hydrogen (secondary N) is 1. The van der Waals surface area contributed by atoms with Gasteiger partial charge in [-0.1, -0.05) is 33.3 Å². The van der Waals surface area contributed by atoms with Crippen molar-refractivity contribution in [2.45, 2.75) is 46.6 Å². The molecule has 1 heterocycles. The van der Waals surface area contributed by atoms with Crippen LogP contribution in [-0.4, -0.2) is 11.5 Å². The Bertz CT molecular complexity index is 309. The molecule has 0 radical (unpaired) electrons. The monoisotopic (exact) mass is 220 g/mol. The maximum atomic E-state index is 4.63. The number of aromatic nitrogens is 1. The molecule has 1 N–H and O–H groups in total. The molecule has 0 amide bonds. The Kier molecular flexibility index (Phi) is 5.47. The Morgan fingerprint density at radius 3 is 2.62 bits per heavy atom. The normalized spacial score (nSPS) is 14.8. The molecule has 0 aliphatic heterocycles. The van der Waals surface area contributed by atoms with Crippen LogP contribution in [-0.2, 0) is 0 Å². The minimum atomic E-state index is 0.393. The number of hydrogen-bond donors (Lipinski definition) is 1. The average Bonchev–Trinajstić information content (AvgIpc) is 2.26. The molecule has 1 aromatic heterocycles. The summed E-state index contributed by atoms with van der Waals surface area (Å²) in [6.45, 7) is 9.75. The maximum Gasteiger partial charge on any atom is 0.0579 e. The standard InChI is InChI=1S/C14H24N2/c1-5-8-11(3)14(15-6-2)13-10-7-9-12(4)16-13/h7,9-11,14-15H,5-6,8H2,1-4H3. The number of aryl methyl sites for hydroxylation is 1. The summed E-state index contributed by atoms with van der Waals surface area (Å²) < 4.78 is 0. The predicted molar refractivity (Wildman–Crippen MR) is 69.5 cm³/mol. The van der Waals surface area contributed by atoms with E-state index in [1.54, 1.807) is 0 Å². The Labute approximate surface area is 99.5 Å². The van der Waals surface area contributed by atoms with Gasteiger partial charge in [0, 0.05) is 5.69 Å². The van der Waals surface area contributed by atoms with Gasteiger partial charge in [0.15, 0.2) is 0 Å². The first kappa shape index (κ1) is 13.2. The Morgan fingerprint density at radius 2 is 2.06 bits per heavy atom. The molecule has 1 rings (SSSR count). The largest absolute Gasteiger partial charge is 0.309 e. The Balaban J connectivity index is 2.83. The van der Waals surface area contributed by atoms with Crippen LogP contribution in [0.5, 0.6) is 0 Å². The molecular weight excluding hydrogens is 196 g/mol. The zero-order valence-electron chi connectivity index (χ0n) is 11.0. The second kappa shape index (κ2) is 6.64. The average molecular weight is 220 g/mol. The number of nitrogens with zero attached hydrogens (tertiary/aromatic N) is 1. The van der Waals surface area contributed by atoms with Crippen LogP contribution in [0.3, 0.4) is 0 Å². The lowest BCUT2D eigenvalue weighted by Gasteiger charge is -2.24. The summed E-state index contributed by atoms with van der Waals surface area (Å²) in [7, 11) is 0. The van der Waals surface area contributed by atoms with Gasteiger partial charge >= 0.3 is 0 Å². The van der Waals surface area contributed by atoms with Crippen LogP contribution < -0.4 is 5.32 Å². The summed E-state index contributed by atoms with van der Waals surface area (Å²) in [6, 6.07) is 6.68. The minimum absolute atomic E-state index is 0.393. The molecule has 0 aromatic carbocycles. The second-order valence-corrected chi connectivity index (χ2v) is 4.51. The van der Waals surface area contributed by atoms with Crippen LogP contribution in [0.15, 0.2) is 18.2 Å². The van der Waals surface area contributed by atoms with E-state index in [-0.39, 0.29) is 0 Å². The van der Waals surface area contributed by atoms with Gasteiger partial charge in [0.25, 0.3) is 0 Å². The number of pyridine rings is 1. The van der Waals surface area contributed by atoms with Crippen LogP contribution in [0.1, 0.15) is 51.0 Å². The first-order valence-corrected chi connectivity index (χ1v) is 6.36.